The largest absolute Gasteiger partial charge is 0.326 e. The summed E-state index contributed by atoms with van der Waals surface area (Å²) in [5.41, 5.74) is 6.93. The molecule has 174 valence electrons. The third-order valence-electron chi connectivity index (χ3n) is 5.75. The summed E-state index contributed by atoms with van der Waals surface area (Å²) in [4.78, 5) is 17.8. The predicted molar refractivity (Wildman–Crippen MR) is 136 cm³/mol. The molecule has 2 N–H and O–H groups in total. The minimum atomic E-state index is -0.202. The second kappa shape index (κ2) is 10.0. The number of aryl methyl sites for hydroxylation is 3. The molecule has 33 heavy (non-hydrogen) atoms. The van der Waals surface area contributed by atoms with Crippen LogP contribution in [0.4, 0.5) is 5.69 Å². The monoisotopic (exact) mass is 445 g/mol. The van der Waals surface area contributed by atoms with Gasteiger partial charge in [-0.2, -0.15) is 5.10 Å². The van der Waals surface area contributed by atoms with Crippen molar-refractivity contribution in [2.45, 2.75) is 67.0 Å². The number of nitrogens with one attached hydrogen (secondary N) is 2. The lowest BCUT2D eigenvalue weighted by atomic mass is 9.87. The van der Waals surface area contributed by atoms with E-state index in [9.17, 15) is 4.79 Å². The van der Waals surface area contributed by atoms with Gasteiger partial charge in [-0.1, -0.05) is 45.0 Å². The molecule has 0 atom stereocenters. The topological polar surface area (TPSA) is 71.3 Å². The van der Waals surface area contributed by atoms with Crippen LogP contribution >= 0.6 is 0 Å². The van der Waals surface area contributed by atoms with Gasteiger partial charge in [-0.15, -0.1) is 0 Å². The number of guanidine groups is 1. The molecule has 0 aliphatic carbocycles. The fraction of sp³-hybridized carbons (Fsp3) is 0.370. The molecule has 0 fully saturated rings. The van der Waals surface area contributed by atoms with E-state index in [2.05, 4.69) is 50.4 Å². The average Bonchev–Trinajstić information content (AvgIpc) is 3.04. The molecular weight excluding hydrogens is 410 g/mol. The molecule has 6 nitrogen and oxygen atoms in total. The van der Waals surface area contributed by atoms with Crippen molar-refractivity contribution in [2.24, 2.45) is 4.99 Å². The van der Waals surface area contributed by atoms with E-state index in [0.29, 0.717) is 18.1 Å². The number of anilines is 1. The van der Waals surface area contributed by atoms with E-state index < -0.39 is 0 Å². The molecule has 0 unspecified atom stereocenters. The number of carbonyl (C=O) groups excluding carboxylic acids is 1. The second-order valence-electron chi connectivity index (χ2n) is 9.41. The molecule has 0 bridgehead atoms. The number of nitrogens with zero attached hydrogens (tertiary/aromatic N) is 3. The van der Waals surface area contributed by atoms with Gasteiger partial charge in [0.05, 0.1) is 12.2 Å². The molecule has 1 aromatic heterocycles. The number of rotatable bonds is 5. The normalized spacial score (nSPS) is 12.0. The van der Waals surface area contributed by atoms with Crippen LogP contribution in [0.25, 0.3) is 0 Å². The van der Waals surface area contributed by atoms with E-state index in [1.54, 1.807) is 0 Å². The van der Waals surface area contributed by atoms with Gasteiger partial charge in [0.1, 0.15) is 0 Å². The van der Waals surface area contributed by atoms with Crippen molar-refractivity contribution in [1.82, 2.24) is 15.1 Å². The highest BCUT2D eigenvalue weighted by Crippen LogP contribution is 2.22. The van der Waals surface area contributed by atoms with Crippen molar-refractivity contribution in [3.63, 3.8) is 0 Å². The third kappa shape index (κ3) is 6.09. The number of hydrogen-bond donors (Lipinski definition) is 2. The number of aromatic nitrogens is 2. The Morgan fingerprint density at radius 3 is 2.33 bits per heavy atom. The molecule has 0 aliphatic rings. The van der Waals surface area contributed by atoms with Gasteiger partial charge >= 0.3 is 0 Å². The van der Waals surface area contributed by atoms with Gasteiger partial charge in [0.2, 0.25) is 5.96 Å². The summed E-state index contributed by atoms with van der Waals surface area (Å²) in [7, 11) is 0. The van der Waals surface area contributed by atoms with Gasteiger partial charge in [0.25, 0.3) is 5.91 Å². The van der Waals surface area contributed by atoms with Gasteiger partial charge < -0.3 is 5.32 Å². The Morgan fingerprint density at radius 2 is 1.76 bits per heavy atom. The molecule has 1 heterocycles. The van der Waals surface area contributed by atoms with Crippen LogP contribution in [0.2, 0.25) is 0 Å². The Hall–Kier alpha value is -3.41. The summed E-state index contributed by atoms with van der Waals surface area (Å²) < 4.78 is 1.98. The van der Waals surface area contributed by atoms with Crippen molar-refractivity contribution in [3.05, 3.63) is 82.2 Å². The van der Waals surface area contributed by atoms with Crippen molar-refractivity contribution in [3.8, 4) is 0 Å². The van der Waals surface area contributed by atoms with E-state index in [1.807, 2.05) is 67.1 Å². The van der Waals surface area contributed by atoms with E-state index >= 15 is 0 Å². The summed E-state index contributed by atoms with van der Waals surface area (Å²) in [5.74, 6) is 0.209. The summed E-state index contributed by atoms with van der Waals surface area (Å²) in [5, 5.41) is 10.8. The molecule has 0 saturated heterocycles. The first-order valence-corrected chi connectivity index (χ1v) is 11.4. The highest BCUT2D eigenvalue weighted by atomic mass is 16.1. The molecule has 3 aromatic rings. The van der Waals surface area contributed by atoms with Gasteiger partial charge in [0, 0.05) is 29.1 Å². The highest BCUT2D eigenvalue weighted by Gasteiger charge is 2.16. The Bertz CT molecular complexity index is 1150. The van der Waals surface area contributed by atoms with Crippen molar-refractivity contribution in [1.29, 1.82) is 0 Å². The second-order valence-corrected chi connectivity index (χ2v) is 9.41. The molecule has 0 spiro atoms. The molecule has 3 rings (SSSR count). The maximum Gasteiger partial charge on any atom is 0.257 e. The quantitative estimate of drug-likeness (QED) is 0.401. The van der Waals surface area contributed by atoms with Crippen LogP contribution in [-0.2, 0) is 18.5 Å². The van der Waals surface area contributed by atoms with E-state index in [1.165, 1.54) is 5.56 Å². The van der Waals surface area contributed by atoms with Gasteiger partial charge in [-0.3, -0.25) is 14.8 Å². The fourth-order valence-corrected chi connectivity index (χ4v) is 3.70. The smallest absolute Gasteiger partial charge is 0.257 e. The Labute approximate surface area is 197 Å². The van der Waals surface area contributed by atoms with Crippen LogP contribution in [0.15, 0.2) is 53.5 Å². The minimum absolute atomic E-state index is 0.0347. The van der Waals surface area contributed by atoms with Crippen LogP contribution in [-0.4, -0.2) is 21.6 Å². The maximum absolute atomic E-state index is 13.0. The fourth-order valence-electron chi connectivity index (χ4n) is 3.70. The lowest BCUT2D eigenvalue weighted by Crippen LogP contribution is -2.36. The van der Waals surface area contributed by atoms with Crippen LogP contribution in [0.3, 0.4) is 0 Å². The average molecular weight is 446 g/mol. The third-order valence-corrected chi connectivity index (χ3v) is 5.75. The Morgan fingerprint density at radius 1 is 1.06 bits per heavy atom. The molecule has 0 aliphatic heterocycles. The first-order valence-electron chi connectivity index (χ1n) is 11.4. The number of aliphatic imine (C=N–C) groups is 1. The van der Waals surface area contributed by atoms with Gasteiger partial charge in [-0.05, 0) is 68.5 Å². The zero-order valence-corrected chi connectivity index (χ0v) is 20.8. The van der Waals surface area contributed by atoms with Gasteiger partial charge in [0.15, 0.2) is 0 Å². The molecule has 2 aromatic carbocycles. The van der Waals surface area contributed by atoms with Crippen molar-refractivity contribution >= 4 is 17.6 Å². The number of benzene rings is 2. The minimum Gasteiger partial charge on any atom is -0.326 e. The molecular formula is C27H35N5O. The Balaban J connectivity index is 1.86. The molecule has 6 heteroatoms. The van der Waals surface area contributed by atoms with Gasteiger partial charge in [-0.25, -0.2) is 4.99 Å². The van der Waals surface area contributed by atoms with Crippen LogP contribution in [0.5, 0.6) is 0 Å². The van der Waals surface area contributed by atoms with E-state index in [-0.39, 0.29) is 11.3 Å². The predicted octanol–water partition coefficient (Wildman–Crippen LogP) is 5.52. The van der Waals surface area contributed by atoms with Crippen molar-refractivity contribution < 1.29 is 4.79 Å². The number of hydrogen-bond acceptors (Lipinski definition) is 3. The highest BCUT2D eigenvalue weighted by molar-refractivity contribution is 6.10. The summed E-state index contributed by atoms with van der Waals surface area (Å²) in [6.45, 7) is 15.9. The summed E-state index contributed by atoms with van der Waals surface area (Å²) >= 11 is 0. The van der Waals surface area contributed by atoms with Crippen LogP contribution in [0.1, 0.15) is 66.1 Å². The summed E-state index contributed by atoms with van der Waals surface area (Å²) in [6.07, 6.45) is 0. The Kier molecular flexibility index (Phi) is 7.36. The lowest BCUT2D eigenvalue weighted by molar-refractivity contribution is 0.0977. The maximum atomic E-state index is 13.0. The molecule has 1 amide bonds. The number of carbonyl (C=O) groups is 1. The number of amides is 1. The molecule has 0 radical (unpaired) electrons. The van der Waals surface area contributed by atoms with Crippen LogP contribution in [0, 0.1) is 20.8 Å². The SMILES string of the molecule is CCn1nc(C)c(CN=C(NC(=O)c2ccc(C(C)(C)C)cc2)Nc2cccc(C)c2)c1C. The first-order chi connectivity index (χ1) is 15.6. The summed E-state index contributed by atoms with van der Waals surface area (Å²) in [6, 6.07) is 15.7. The van der Waals surface area contributed by atoms with Crippen molar-refractivity contribution in [2.75, 3.05) is 5.32 Å². The van der Waals surface area contributed by atoms with E-state index in [4.69, 9.17) is 4.99 Å². The van der Waals surface area contributed by atoms with Crippen LogP contribution < -0.4 is 10.6 Å². The molecule has 0 saturated carbocycles. The van der Waals surface area contributed by atoms with E-state index in [0.717, 1.165) is 34.7 Å². The first kappa shape index (κ1) is 24.2. The zero-order valence-electron chi connectivity index (χ0n) is 20.8. The lowest BCUT2D eigenvalue weighted by Gasteiger charge is -2.19. The zero-order chi connectivity index (χ0) is 24.2. The standard InChI is InChI=1S/C27H35N5O/c1-8-32-20(4)24(19(3)31-32)17-28-26(29-23-11-9-10-18(2)16-23)30-25(33)21-12-14-22(15-13-21)27(5,6)7/h9-16H,8,17H2,1-7H3,(H2,28,29,30,33).